The predicted molar refractivity (Wildman–Crippen MR) is 45.4 cm³/mol. The smallest absolute Gasteiger partial charge is 0.311 e. The van der Waals surface area contributed by atoms with Gasteiger partial charge in [0.15, 0.2) is 0 Å². The van der Waals surface area contributed by atoms with E-state index in [0.29, 0.717) is 6.42 Å². The molecule has 0 spiro atoms. The number of hydrogen-bond acceptors (Lipinski definition) is 1. The molecule has 0 aliphatic carbocycles. The van der Waals surface area contributed by atoms with Gasteiger partial charge in [-0.2, -0.15) is 22.0 Å². The Morgan fingerprint density at radius 2 is 1.73 bits per heavy atom. The van der Waals surface area contributed by atoms with Gasteiger partial charge in [0, 0.05) is 0 Å². The van der Waals surface area contributed by atoms with Crippen molar-refractivity contribution in [2.75, 3.05) is 0 Å². The third-order valence-electron chi connectivity index (χ3n) is 1.80. The first kappa shape index (κ1) is 14.3. The van der Waals surface area contributed by atoms with Crippen LogP contribution in [-0.4, -0.2) is 12.2 Å². The summed E-state index contributed by atoms with van der Waals surface area (Å²) >= 11 is 0. The average Bonchev–Trinajstić information content (AvgIpc) is 2.15. The van der Waals surface area contributed by atoms with Crippen molar-refractivity contribution in [2.45, 2.75) is 45.3 Å². The van der Waals surface area contributed by atoms with Gasteiger partial charge >= 0.3 is 12.2 Å². The van der Waals surface area contributed by atoms with E-state index in [0.717, 1.165) is 0 Å². The summed E-state index contributed by atoms with van der Waals surface area (Å²) in [5, 5.41) is 0. The molecule has 0 aromatic carbocycles. The van der Waals surface area contributed by atoms with E-state index in [1.807, 2.05) is 0 Å². The molecule has 0 amide bonds. The molecule has 0 aromatic rings. The number of rotatable bonds is 6. The Hall–Kier alpha value is -0.650. The molecule has 0 fully saturated rings. The summed E-state index contributed by atoms with van der Waals surface area (Å²) in [5.74, 6) is -2.81. The molecule has 0 heterocycles. The molecule has 0 N–H and O–H groups in total. The third-order valence-corrected chi connectivity index (χ3v) is 1.80. The lowest BCUT2D eigenvalue weighted by atomic mass is 10.1. The fourth-order valence-corrected chi connectivity index (χ4v) is 1.04. The minimum Gasteiger partial charge on any atom is -0.311 e. The maximum atomic E-state index is 12.7. The van der Waals surface area contributed by atoms with E-state index in [1.54, 1.807) is 13.8 Å². The monoisotopic (exact) mass is 232 g/mol. The highest BCUT2D eigenvalue weighted by molar-refractivity contribution is 5.00. The van der Waals surface area contributed by atoms with Crippen LogP contribution in [0.15, 0.2) is 11.9 Å². The first-order valence-corrected chi connectivity index (χ1v) is 4.62. The Labute approximate surface area is 84.9 Å². The second-order valence-corrected chi connectivity index (χ2v) is 3.03. The molecule has 0 aliphatic rings. The van der Waals surface area contributed by atoms with Crippen LogP contribution in [0.25, 0.3) is 0 Å². The van der Waals surface area contributed by atoms with Crippen LogP contribution in [0.5, 0.6) is 0 Å². The van der Waals surface area contributed by atoms with Crippen LogP contribution >= 0.6 is 0 Å². The molecule has 0 aromatic heterocycles. The SMILES string of the molecule is CCCC(CC)OC(F)(F)C(F)=C(F)F. The van der Waals surface area contributed by atoms with E-state index >= 15 is 0 Å². The van der Waals surface area contributed by atoms with Crippen molar-refractivity contribution in [3.63, 3.8) is 0 Å². The largest absolute Gasteiger partial charge is 0.415 e. The molecule has 90 valence electrons. The van der Waals surface area contributed by atoms with Crippen molar-refractivity contribution in [1.29, 1.82) is 0 Å². The minimum atomic E-state index is -4.53. The fourth-order valence-electron chi connectivity index (χ4n) is 1.04. The van der Waals surface area contributed by atoms with E-state index in [1.165, 1.54) is 0 Å². The lowest BCUT2D eigenvalue weighted by molar-refractivity contribution is -0.249. The molecule has 0 bridgehead atoms. The molecular formula is C9H13F5O. The van der Waals surface area contributed by atoms with Gasteiger partial charge in [-0.1, -0.05) is 20.3 Å². The lowest BCUT2D eigenvalue weighted by Crippen LogP contribution is -2.28. The van der Waals surface area contributed by atoms with Crippen LogP contribution in [0.3, 0.4) is 0 Å². The quantitative estimate of drug-likeness (QED) is 0.622. The molecule has 0 aliphatic heterocycles. The zero-order valence-electron chi connectivity index (χ0n) is 8.50. The highest BCUT2D eigenvalue weighted by Crippen LogP contribution is 2.32. The molecule has 0 saturated carbocycles. The predicted octanol–water partition coefficient (Wildman–Crippen LogP) is 4.25. The van der Waals surface area contributed by atoms with Gasteiger partial charge in [-0.25, -0.2) is 0 Å². The molecular weight excluding hydrogens is 219 g/mol. The van der Waals surface area contributed by atoms with E-state index in [9.17, 15) is 22.0 Å². The van der Waals surface area contributed by atoms with Crippen molar-refractivity contribution in [3.05, 3.63) is 11.9 Å². The Bertz CT molecular complexity index is 223. The topological polar surface area (TPSA) is 9.23 Å². The van der Waals surface area contributed by atoms with Crippen molar-refractivity contribution in [2.24, 2.45) is 0 Å². The maximum absolute atomic E-state index is 12.7. The van der Waals surface area contributed by atoms with Crippen LogP contribution in [0, 0.1) is 0 Å². The van der Waals surface area contributed by atoms with E-state index in [2.05, 4.69) is 4.74 Å². The van der Waals surface area contributed by atoms with Crippen molar-refractivity contribution < 1.29 is 26.7 Å². The maximum Gasteiger partial charge on any atom is 0.415 e. The fraction of sp³-hybridized carbons (Fsp3) is 0.778. The number of hydrogen-bond donors (Lipinski definition) is 0. The van der Waals surface area contributed by atoms with Gasteiger partial charge < -0.3 is 4.74 Å². The molecule has 1 nitrogen and oxygen atoms in total. The van der Waals surface area contributed by atoms with Gasteiger partial charge in [0.25, 0.3) is 5.83 Å². The van der Waals surface area contributed by atoms with Gasteiger partial charge in [0.1, 0.15) is 0 Å². The van der Waals surface area contributed by atoms with Crippen LogP contribution in [0.4, 0.5) is 22.0 Å². The zero-order chi connectivity index (χ0) is 12.1. The van der Waals surface area contributed by atoms with Crippen LogP contribution in [-0.2, 0) is 4.74 Å². The van der Waals surface area contributed by atoms with Crippen molar-refractivity contribution in [1.82, 2.24) is 0 Å². The highest BCUT2D eigenvalue weighted by atomic mass is 19.3. The van der Waals surface area contributed by atoms with Gasteiger partial charge in [-0.15, -0.1) is 0 Å². The molecule has 0 saturated heterocycles. The van der Waals surface area contributed by atoms with Gasteiger partial charge in [-0.05, 0) is 12.8 Å². The summed E-state index contributed by atoms with van der Waals surface area (Å²) in [4.78, 5) is 0. The Morgan fingerprint density at radius 3 is 2.07 bits per heavy atom. The van der Waals surface area contributed by atoms with Crippen molar-refractivity contribution in [3.8, 4) is 0 Å². The van der Waals surface area contributed by atoms with Gasteiger partial charge in [-0.3, -0.25) is 0 Å². The molecule has 0 rings (SSSR count). The summed E-state index contributed by atoms with van der Waals surface area (Å²) in [6, 6.07) is 0. The lowest BCUT2D eigenvalue weighted by Gasteiger charge is -2.21. The summed E-state index contributed by atoms with van der Waals surface area (Å²) in [5.41, 5.74) is 0. The van der Waals surface area contributed by atoms with E-state index in [4.69, 9.17) is 0 Å². The molecule has 6 heteroatoms. The number of alkyl halides is 2. The number of halogens is 5. The molecule has 1 unspecified atom stereocenters. The second kappa shape index (κ2) is 6.05. The molecule has 0 radical (unpaired) electrons. The summed E-state index contributed by atoms with van der Waals surface area (Å²) in [6.07, 6.45) is -7.47. The third kappa shape index (κ3) is 4.59. The Kier molecular flexibility index (Phi) is 5.79. The normalized spacial score (nSPS) is 13.8. The van der Waals surface area contributed by atoms with Crippen LogP contribution in [0.1, 0.15) is 33.1 Å². The van der Waals surface area contributed by atoms with Crippen molar-refractivity contribution >= 4 is 0 Å². The molecule has 15 heavy (non-hydrogen) atoms. The Morgan fingerprint density at radius 1 is 1.20 bits per heavy atom. The zero-order valence-corrected chi connectivity index (χ0v) is 8.50. The first-order chi connectivity index (χ1) is 6.85. The van der Waals surface area contributed by atoms with E-state index < -0.39 is 24.1 Å². The standard InChI is InChI=1S/C9H13F5O/c1-3-5-6(4-2)15-9(13,14)7(10)8(11)12/h6H,3-5H2,1-2H3. The summed E-state index contributed by atoms with van der Waals surface area (Å²) in [6.45, 7) is 3.29. The minimum absolute atomic E-state index is 0.213. The van der Waals surface area contributed by atoms with Gasteiger partial charge in [0.05, 0.1) is 6.10 Å². The first-order valence-electron chi connectivity index (χ1n) is 4.62. The molecule has 1 atom stereocenters. The van der Waals surface area contributed by atoms with Gasteiger partial charge in [0.2, 0.25) is 0 Å². The number of ether oxygens (including phenoxy) is 1. The average molecular weight is 232 g/mol. The Balaban J connectivity index is 4.54. The van der Waals surface area contributed by atoms with Crippen LogP contribution in [0.2, 0.25) is 0 Å². The summed E-state index contributed by atoms with van der Waals surface area (Å²) in [7, 11) is 0. The summed E-state index contributed by atoms with van der Waals surface area (Å²) < 4.78 is 64.9. The highest BCUT2D eigenvalue weighted by Gasteiger charge is 2.42. The van der Waals surface area contributed by atoms with E-state index in [-0.39, 0.29) is 12.8 Å². The second-order valence-electron chi connectivity index (χ2n) is 3.03. The van der Waals surface area contributed by atoms with Crippen LogP contribution < -0.4 is 0 Å².